The fourth-order valence-electron chi connectivity index (χ4n) is 1.61. The van der Waals surface area contributed by atoms with E-state index < -0.39 is 0 Å². The van der Waals surface area contributed by atoms with Gasteiger partial charge in [-0.1, -0.05) is 12.1 Å². The normalized spacial score (nSPS) is 18.3. The van der Waals surface area contributed by atoms with E-state index in [9.17, 15) is 4.79 Å². The van der Waals surface area contributed by atoms with Crippen LogP contribution in [0.4, 0.5) is 0 Å². The van der Waals surface area contributed by atoms with Gasteiger partial charge in [-0.2, -0.15) is 0 Å². The molecule has 0 aromatic carbocycles. The highest BCUT2D eigenvalue weighted by Crippen LogP contribution is 2.23. The molecule has 1 aliphatic heterocycles. The maximum atomic E-state index is 12.1. The van der Waals surface area contributed by atoms with Crippen molar-refractivity contribution in [1.82, 2.24) is 9.80 Å². The number of likely N-dealkylation sites (N-methyl/N-ethyl adjacent to an activating group) is 1. The highest BCUT2D eigenvalue weighted by Gasteiger charge is 2.34. The molecule has 1 aromatic rings. The fourth-order valence-corrected chi connectivity index (χ4v) is 2.52. The van der Waals surface area contributed by atoms with E-state index in [0.717, 1.165) is 4.88 Å². The van der Waals surface area contributed by atoms with Crippen LogP contribution < -0.4 is 0 Å². The van der Waals surface area contributed by atoms with Crippen LogP contribution in [-0.4, -0.2) is 34.4 Å². The first-order chi connectivity index (χ1) is 8.15. The van der Waals surface area contributed by atoms with Gasteiger partial charge in [0, 0.05) is 18.5 Å². The van der Waals surface area contributed by atoms with E-state index in [2.05, 4.69) is 6.58 Å². The van der Waals surface area contributed by atoms with Crippen molar-refractivity contribution in [3.8, 4) is 0 Å². The maximum absolute atomic E-state index is 12.1. The van der Waals surface area contributed by atoms with Gasteiger partial charge < -0.3 is 4.90 Å². The van der Waals surface area contributed by atoms with E-state index in [-0.39, 0.29) is 5.91 Å². The number of carbonyl (C=O) groups is 1. The molecule has 2 rings (SSSR count). The van der Waals surface area contributed by atoms with Gasteiger partial charge in [-0.3, -0.25) is 9.69 Å². The number of thiocarbonyl (C=S) groups is 1. The van der Waals surface area contributed by atoms with Gasteiger partial charge in [-0.25, -0.2) is 0 Å². The third kappa shape index (κ3) is 2.16. The molecule has 0 spiro atoms. The molecule has 1 saturated heterocycles. The van der Waals surface area contributed by atoms with Gasteiger partial charge in [0.2, 0.25) is 0 Å². The van der Waals surface area contributed by atoms with Crippen LogP contribution >= 0.6 is 23.6 Å². The predicted molar refractivity (Wildman–Crippen MR) is 74.6 cm³/mol. The van der Waals surface area contributed by atoms with Crippen LogP contribution in [0.2, 0.25) is 0 Å². The van der Waals surface area contributed by atoms with Crippen molar-refractivity contribution >= 4 is 40.7 Å². The average molecular weight is 264 g/mol. The Balaban J connectivity index is 2.33. The second-order valence-corrected chi connectivity index (χ2v) is 4.94. The summed E-state index contributed by atoms with van der Waals surface area (Å²) in [6.45, 7) is 4.08. The van der Waals surface area contributed by atoms with Gasteiger partial charge in [0.1, 0.15) is 5.70 Å². The molecule has 0 N–H and O–H groups in total. The number of carbonyl (C=O) groups excluding carboxylic acids is 1. The SMILES string of the molecule is C=CCN1C(=O)/C(=C/c2cccs2)N(C)C1=S. The lowest BCUT2D eigenvalue weighted by Crippen LogP contribution is -2.31. The highest BCUT2D eigenvalue weighted by atomic mass is 32.1. The highest BCUT2D eigenvalue weighted by molar-refractivity contribution is 7.80. The Morgan fingerprint density at radius 1 is 1.59 bits per heavy atom. The zero-order valence-electron chi connectivity index (χ0n) is 9.42. The lowest BCUT2D eigenvalue weighted by molar-refractivity contribution is -0.122. The average Bonchev–Trinajstić information content (AvgIpc) is 2.88. The molecule has 0 saturated carbocycles. The van der Waals surface area contributed by atoms with E-state index in [1.165, 1.54) is 0 Å². The molecule has 5 heteroatoms. The van der Waals surface area contributed by atoms with Crippen LogP contribution in [0.15, 0.2) is 35.9 Å². The molecule has 0 atom stereocenters. The lowest BCUT2D eigenvalue weighted by Gasteiger charge is -2.13. The van der Waals surface area contributed by atoms with E-state index in [1.54, 1.807) is 27.2 Å². The van der Waals surface area contributed by atoms with Gasteiger partial charge in [-0.05, 0) is 29.7 Å². The second-order valence-electron chi connectivity index (χ2n) is 3.59. The first-order valence-electron chi connectivity index (χ1n) is 5.11. The van der Waals surface area contributed by atoms with Crippen LogP contribution in [0, 0.1) is 0 Å². The van der Waals surface area contributed by atoms with Crippen LogP contribution in [-0.2, 0) is 4.79 Å². The van der Waals surface area contributed by atoms with Crippen molar-refractivity contribution in [3.05, 3.63) is 40.7 Å². The molecule has 0 aliphatic carbocycles. The summed E-state index contributed by atoms with van der Waals surface area (Å²) in [6.07, 6.45) is 3.54. The molecule has 17 heavy (non-hydrogen) atoms. The number of hydrogen-bond acceptors (Lipinski definition) is 3. The van der Waals surface area contributed by atoms with Crippen LogP contribution in [0.25, 0.3) is 6.08 Å². The second kappa shape index (κ2) is 4.81. The first kappa shape index (κ1) is 12.0. The zero-order chi connectivity index (χ0) is 12.4. The molecule has 0 bridgehead atoms. The minimum atomic E-state index is -0.0641. The Morgan fingerprint density at radius 2 is 2.35 bits per heavy atom. The Hall–Kier alpha value is -1.46. The van der Waals surface area contributed by atoms with Crippen molar-refractivity contribution in [2.45, 2.75) is 0 Å². The largest absolute Gasteiger partial charge is 0.317 e. The number of thiophene rings is 1. The molecule has 88 valence electrons. The van der Waals surface area contributed by atoms with E-state index >= 15 is 0 Å². The third-order valence-electron chi connectivity index (χ3n) is 2.48. The summed E-state index contributed by atoms with van der Waals surface area (Å²) in [5.74, 6) is -0.0641. The number of amides is 1. The number of nitrogens with zero attached hydrogens (tertiary/aromatic N) is 2. The summed E-state index contributed by atoms with van der Waals surface area (Å²) in [5.41, 5.74) is 0.610. The first-order valence-corrected chi connectivity index (χ1v) is 6.39. The summed E-state index contributed by atoms with van der Waals surface area (Å²) in [6, 6.07) is 3.92. The fraction of sp³-hybridized carbons (Fsp3) is 0.167. The molecule has 3 nitrogen and oxygen atoms in total. The van der Waals surface area contributed by atoms with Crippen molar-refractivity contribution in [2.75, 3.05) is 13.6 Å². The summed E-state index contributed by atoms with van der Waals surface area (Å²) in [4.78, 5) is 16.5. The monoisotopic (exact) mass is 264 g/mol. The van der Waals surface area contributed by atoms with E-state index in [4.69, 9.17) is 12.2 Å². The minimum absolute atomic E-state index is 0.0641. The molecule has 2 heterocycles. The van der Waals surface area contributed by atoms with Gasteiger partial charge in [0.25, 0.3) is 5.91 Å². The van der Waals surface area contributed by atoms with Crippen molar-refractivity contribution < 1.29 is 4.79 Å². The van der Waals surface area contributed by atoms with Crippen LogP contribution in [0.1, 0.15) is 4.88 Å². The van der Waals surface area contributed by atoms with E-state index in [0.29, 0.717) is 17.4 Å². The molecular weight excluding hydrogens is 252 g/mol. The van der Waals surface area contributed by atoms with Gasteiger partial charge in [0.05, 0.1) is 0 Å². The standard InChI is InChI=1S/C12H12N2OS2/c1-3-6-14-11(15)10(13(2)12(14)16)8-9-5-4-7-17-9/h3-5,7-8H,1,6H2,2H3/b10-8-. The molecule has 1 fully saturated rings. The molecular formula is C12H12N2OS2. The molecule has 0 unspecified atom stereocenters. The summed E-state index contributed by atoms with van der Waals surface area (Å²) >= 11 is 6.82. The van der Waals surface area contributed by atoms with E-state index in [1.807, 2.05) is 30.6 Å². The Labute approximate surface area is 110 Å². The Bertz CT molecular complexity index is 491. The topological polar surface area (TPSA) is 23.6 Å². The molecule has 1 aliphatic rings. The summed E-state index contributed by atoms with van der Waals surface area (Å²) in [7, 11) is 1.81. The van der Waals surface area contributed by atoms with Gasteiger partial charge in [0.15, 0.2) is 5.11 Å². The Morgan fingerprint density at radius 3 is 2.94 bits per heavy atom. The molecule has 1 amide bonds. The predicted octanol–water partition coefficient (Wildman–Crippen LogP) is 2.33. The van der Waals surface area contributed by atoms with Gasteiger partial charge in [-0.15, -0.1) is 17.9 Å². The van der Waals surface area contributed by atoms with Crippen molar-refractivity contribution in [1.29, 1.82) is 0 Å². The third-order valence-corrected chi connectivity index (χ3v) is 3.79. The van der Waals surface area contributed by atoms with Crippen molar-refractivity contribution in [3.63, 3.8) is 0 Å². The minimum Gasteiger partial charge on any atom is -0.317 e. The van der Waals surface area contributed by atoms with Gasteiger partial charge >= 0.3 is 0 Å². The maximum Gasteiger partial charge on any atom is 0.277 e. The van der Waals surface area contributed by atoms with Crippen LogP contribution in [0.5, 0.6) is 0 Å². The van der Waals surface area contributed by atoms with Crippen molar-refractivity contribution in [2.24, 2.45) is 0 Å². The smallest absolute Gasteiger partial charge is 0.277 e. The Kier molecular flexibility index (Phi) is 3.40. The molecule has 0 radical (unpaired) electrons. The zero-order valence-corrected chi connectivity index (χ0v) is 11.1. The van der Waals surface area contributed by atoms with Crippen LogP contribution in [0.3, 0.4) is 0 Å². The number of hydrogen-bond donors (Lipinski definition) is 0. The summed E-state index contributed by atoms with van der Waals surface area (Å²) < 4.78 is 0. The summed E-state index contributed by atoms with van der Waals surface area (Å²) in [5, 5.41) is 2.50. The lowest BCUT2D eigenvalue weighted by atomic mass is 10.3. The number of rotatable bonds is 3. The molecule has 1 aromatic heterocycles. The quantitative estimate of drug-likeness (QED) is 0.475.